The van der Waals surface area contributed by atoms with Crippen LogP contribution in [0.15, 0.2) is 58.6 Å². The number of hydrogen-bond acceptors (Lipinski definition) is 3. The zero-order valence-corrected chi connectivity index (χ0v) is 11.1. The Kier molecular flexibility index (Phi) is 4.72. The van der Waals surface area contributed by atoms with Crippen molar-refractivity contribution in [3.05, 3.63) is 65.7 Å². The summed E-state index contributed by atoms with van der Waals surface area (Å²) in [6.07, 6.45) is 1.57. The second-order valence-electron chi connectivity index (χ2n) is 4.06. The second kappa shape index (κ2) is 6.91. The summed E-state index contributed by atoms with van der Waals surface area (Å²) in [7, 11) is 0. The molecule has 0 aliphatic carbocycles. The molecule has 0 saturated heterocycles. The molecule has 1 aromatic carbocycles. The Labute approximate surface area is 121 Å². The van der Waals surface area contributed by atoms with Gasteiger partial charge in [-0.3, -0.25) is 9.98 Å². The van der Waals surface area contributed by atoms with Crippen LogP contribution in [0, 0.1) is 17.1 Å². The minimum Gasteiger partial charge on any atom is -0.382 e. The van der Waals surface area contributed by atoms with Crippen LogP contribution in [-0.4, -0.2) is 16.7 Å². The number of nitrogens with zero attached hydrogens (tertiary/aromatic N) is 4. The summed E-state index contributed by atoms with van der Waals surface area (Å²) >= 11 is 0. The molecule has 2 N–H and O–H groups in total. The van der Waals surface area contributed by atoms with E-state index in [4.69, 9.17) is 11.0 Å². The number of nitrogens with two attached hydrogens (primary N) is 1. The summed E-state index contributed by atoms with van der Waals surface area (Å²) in [6, 6.07) is 13.2. The lowest BCUT2D eigenvalue weighted by Crippen LogP contribution is -2.16. The Balaban J connectivity index is 2.19. The van der Waals surface area contributed by atoms with Crippen LogP contribution in [0.5, 0.6) is 0 Å². The number of pyridine rings is 1. The van der Waals surface area contributed by atoms with Crippen LogP contribution in [0.25, 0.3) is 0 Å². The van der Waals surface area contributed by atoms with E-state index >= 15 is 0 Å². The molecule has 0 radical (unpaired) electrons. The number of nitriles is 1. The average molecular weight is 281 g/mol. The number of aliphatic imine (C=N–C) groups is 2. The van der Waals surface area contributed by atoms with Gasteiger partial charge in [-0.25, -0.2) is 9.38 Å². The van der Waals surface area contributed by atoms with Crippen molar-refractivity contribution in [2.45, 2.75) is 6.54 Å². The first kappa shape index (κ1) is 14.3. The third kappa shape index (κ3) is 3.94. The highest BCUT2D eigenvalue weighted by Crippen LogP contribution is 2.07. The predicted octanol–water partition coefficient (Wildman–Crippen LogP) is 2.05. The fourth-order valence-corrected chi connectivity index (χ4v) is 1.57. The molecule has 1 aromatic heterocycles. The highest BCUT2D eigenvalue weighted by molar-refractivity contribution is 6.09. The quantitative estimate of drug-likeness (QED) is 0.690. The summed E-state index contributed by atoms with van der Waals surface area (Å²) < 4.78 is 13.4. The van der Waals surface area contributed by atoms with Crippen LogP contribution in [0.2, 0.25) is 0 Å². The maximum atomic E-state index is 13.4. The molecule has 0 saturated carbocycles. The Morgan fingerprint density at radius 2 is 2.00 bits per heavy atom. The topological polar surface area (TPSA) is 87.4 Å². The standard InChI is InChI=1S/C15H12FN5/c16-12-6-2-1-5-11(12)10-20-14(9-17)21-15(18)13-7-3-4-8-19-13/h1-8H,10H2,(H2,18,20,21). The minimum atomic E-state index is -0.375. The lowest BCUT2D eigenvalue weighted by atomic mass is 10.2. The van der Waals surface area contributed by atoms with Crippen molar-refractivity contribution in [3.63, 3.8) is 0 Å². The minimum absolute atomic E-state index is 0.0224. The van der Waals surface area contributed by atoms with Crippen molar-refractivity contribution in [3.8, 4) is 6.07 Å². The largest absolute Gasteiger partial charge is 0.382 e. The van der Waals surface area contributed by atoms with Crippen LogP contribution in [0.4, 0.5) is 4.39 Å². The number of hydrogen-bond donors (Lipinski definition) is 1. The van der Waals surface area contributed by atoms with E-state index in [-0.39, 0.29) is 24.0 Å². The van der Waals surface area contributed by atoms with Gasteiger partial charge in [0.1, 0.15) is 17.6 Å². The van der Waals surface area contributed by atoms with Crippen LogP contribution < -0.4 is 5.73 Å². The van der Waals surface area contributed by atoms with E-state index in [9.17, 15) is 4.39 Å². The summed E-state index contributed by atoms with van der Waals surface area (Å²) in [5.74, 6) is -0.411. The molecular weight excluding hydrogens is 269 g/mol. The summed E-state index contributed by atoms with van der Waals surface area (Å²) in [6.45, 7) is 0.0224. The Morgan fingerprint density at radius 1 is 1.24 bits per heavy atom. The lowest BCUT2D eigenvalue weighted by Gasteiger charge is -2.00. The van der Waals surface area contributed by atoms with Crippen molar-refractivity contribution in [2.24, 2.45) is 15.7 Å². The fourth-order valence-electron chi connectivity index (χ4n) is 1.57. The molecule has 2 rings (SSSR count). The van der Waals surface area contributed by atoms with Gasteiger partial charge in [0, 0.05) is 11.8 Å². The smallest absolute Gasteiger partial charge is 0.229 e. The Morgan fingerprint density at radius 3 is 2.67 bits per heavy atom. The van der Waals surface area contributed by atoms with Gasteiger partial charge in [-0.05, 0) is 18.2 Å². The van der Waals surface area contributed by atoms with Crippen molar-refractivity contribution < 1.29 is 4.39 Å². The molecule has 21 heavy (non-hydrogen) atoms. The van der Waals surface area contributed by atoms with Gasteiger partial charge in [-0.2, -0.15) is 5.26 Å². The molecule has 0 bridgehead atoms. The molecule has 0 fully saturated rings. The van der Waals surface area contributed by atoms with Gasteiger partial charge in [0.15, 0.2) is 5.84 Å². The average Bonchev–Trinajstić information content (AvgIpc) is 2.53. The number of amidine groups is 2. The second-order valence-corrected chi connectivity index (χ2v) is 4.06. The highest BCUT2D eigenvalue weighted by Gasteiger charge is 2.03. The lowest BCUT2D eigenvalue weighted by molar-refractivity contribution is 0.611. The number of rotatable bonds is 3. The summed E-state index contributed by atoms with van der Waals surface area (Å²) in [5, 5.41) is 9.01. The summed E-state index contributed by atoms with van der Waals surface area (Å²) in [4.78, 5) is 11.9. The highest BCUT2D eigenvalue weighted by atomic mass is 19.1. The Hall–Kier alpha value is -3.07. The monoisotopic (exact) mass is 281 g/mol. The van der Waals surface area contributed by atoms with Gasteiger partial charge in [0.2, 0.25) is 5.84 Å². The van der Waals surface area contributed by atoms with E-state index in [0.717, 1.165) is 0 Å². The first-order valence-electron chi connectivity index (χ1n) is 6.14. The third-order valence-corrected chi connectivity index (χ3v) is 2.61. The molecule has 1 heterocycles. The molecule has 0 spiro atoms. The molecule has 0 atom stereocenters. The van der Waals surface area contributed by atoms with Gasteiger partial charge < -0.3 is 5.73 Å². The molecule has 0 aliphatic heterocycles. The van der Waals surface area contributed by atoms with Crippen molar-refractivity contribution >= 4 is 11.7 Å². The molecular formula is C15H12FN5. The number of benzene rings is 1. The molecule has 5 nitrogen and oxygen atoms in total. The van der Waals surface area contributed by atoms with Crippen LogP contribution in [-0.2, 0) is 6.54 Å². The first-order chi connectivity index (χ1) is 10.2. The van der Waals surface area contributed by atoms with Crippen molar-refractivity contribution in [2.75, 3.05) is 0 Å². The van der Waals surface area contributed by atoms with E-state index in [0.29, 0.717) is 11.3 Å². The van der Waals surface area contributed by atoms with E-state index in [1.165, 1.54) is 6.07 Å². The van der Waals surface area contributed by atoms with Crippen molar-refractivity contribution in [1.82, 2.24) is 4.98 Å². The Bertz CT molecular complexity index is 716. The molecule has 0 aliphatic rings. The van der Waals surface area contributed by atoms with Gasteiger partial charge in [0.05, 0.1) is 6.54 Å². The molecule has 6 heteroatoms. The normalized spacial score (nSPS) is 12.0. The third-order valence-electron chi connectivity index (χ3n) is 2.61. The van der Waals surface area contributed by atoms with Gasteiger partial charge in [-0.15, -0.1) is 0 Å². The number of aromatic nitrogens is 1. The SMILES string of the molecule is N#CC(=NCc1ccccc1F)N=C(N)c1ccccn1. The van der Waals surface area contributed by atoms with Crippen LogP contribution >= 0.6 is 0 Å². The molecule has 0 amide bonds. The molecule has 0 unspecified atom stereocenters. The van der Waals surface area contributed by atoms with Crippen LogP contribution in [0.1, 0.15) is 11.3 Å². The van der Waals surface area contributed by atoms with Gasteiger partial charge in [0.25, 0.3) is 0 Å². The molecule has 2 aromatic rings. The fraction of sp³-hybridized carbons (Fsp3) is 0.0667. The van der Waals surface area contributed by atoms with E-state index in [2.05, 4.69) is 15.0 Å². The van der Waals surface area contributed by atoms with Crippen LogP contribution in [0.3, 0.4) is 0 Å². The maximum absolute atomic E-state index is 13.4. The zero-order valence-electron chi connectivity index (χ0n) is 11.1. The maximum Gasteiger partial charge on any atom is 0.229 e. The first-order valence-corrected chi connectivity index (χ1v) is 6.14. The van der Waals surface area contributed by atoms with E-state index in [1.54, 1.807) is 42.6 Å². The van der Waals surface area contributed by atoms with Gasteiger partial charge >= 0.3 is 0 Å². The van der Waals surface area contributed by atoms with Crippen molar-refractivity contribution in [1.29, 1.82) is 5.26 Å². The van der Waals surface area contributed by atoms with E-state index < -0.39 is 0 Å². The molecule has 104 valence electrons. The number of halogens is 1. The summed E-state index contributed by atoms with van der Waals surface area (Å²) in [5.41, 5.74) is 6.59. The van der Waals surface area contributed by atoms with Gasteiger partial charge in [-0.1, -0.05) is 24.3 Å². The van der Waals surface area contributed by atoms with E-state index in [1.807, 2.05) is 6.07 Å². The zero-order chi connectivity index (χ0) is 15.1. The predicted molar refractivity (Wildman–Crippen MR) is 78.1 cm³/mol.